The van der Waals surface area contributed by atoms with Gasteiger partial charge in [-0.1, -0.05) is 30.3 Å². The minimum absolute atomic E-state index is 0.217. The van der Waals surface area contributed by atoms with E-state index in [-0.39, 0.29) is 6.54 Å². The van der Waals surface area contributed by atoms with Crippen molar-refractivity contribution < 1.29 is 47.6 Å². The summed E-state index contributed by atoms with van der Waals surface area (Å²) < 4.78 is 37.8. The van der Waals surface area contributed by atoms with Crippen LogP contribution in [0.4, 0.5) is 0 Å². The Morgan fingerprint density at radius 2 is 1.69 bits per heavy atom. The smallest absolute Gasteiger partial charge is 0.387 e. The van der Waals surface area contributed by atoms with Crippen LogP contribution < -0.4 is 11.2 Å². The van der Waals surface area contributed by atoms with Gasteiger partial charge in [0.2, 0.25) is 0 Å². The Bertz CT molecular complexity index is 1550. The van der Waals surface area contributed by atoms with Gasteiger partial charge in [0.25, 0.3) is 5.56 Å². The van der Waals surface area contributed by atoms with Crippen LogP contribution in [0.1, 0.15) is 17.6 Å². The lowest BCUT2D eigenvalue weighted by Crippen LogP contribution is -2.43. The molecule has 0 saturated carbocycles. The molecular formula is C22H25N3O12P2. The average Bonchev–Trinajstić information content (AvgIpc) is 3.13. The van der Waals surface area contributed by atoms with Gasteiger partial charge >= 0.3 is 21.3 Å². The molecule has 1 saturated heterocycles. The molecule has 210 valence electrons. The number of nitrogens with zero attached hydrogens (tertiary/aromatic N) is 3. The summed E-state index contributed by atoms with van der Waals surface area (Å²) in [7, 11) is -10.6. The summed E-state index contributed by atoms with van der Waals surface area (Å²) >= 11 is 0. The Labute approximate surface area is 220 Å². The zero-order valence-corrected chi connectivity index (χ0v) is 22.0. The van der Waals surface area contributed by atoms with E-state index >= 15 is 0 Å². The molecule has 2 aromatic heterocycles. The summed E-state index contributed by atoms with van der Waals surface area (Å²) in [6.07, 6.45) is -5.49. The Balaban J connectivity index is 1.57. The first-order chi connectivity index (χ1) is 18.2. The van der Waals surface area contributed by atoms with Crippen LogP contribution in [0.2, 0.25) is 0 Å². The van der Waals surface area contributed by atoms with Gasteiger partial charge in [-0.15, -0.1) is 0 Å². The second kappa shape index (κ2) is 11.4. The first kappa shape index (κ1) is 29.2. The molecular weight excluding hydrogens is 560 g/mol. The third-order valence-electron chi connectivity index (χ3n) is 5.75. The molecule has 5 N–H and O–H groups in total. The molecule has 0 radical (unpaired) electrons. The topological polar surface area (TPSA) is 220 Å². The monoisotopic (exact) mass is 585 g/mol. The van der Waals surface area contributed by atoms with E-state index in [4.69, 9.17) is 14.5 Å². The van der Waals surface area contributed by atoms with Crippen molar-refractivity contribution in [2.24, 2.45) is 0 Å². The van der Waals surface area contributed by atoms with Crippen molar-refractivity contribution in [2.75, 3.05) is 6.61 Å². The number of aromatic nitrogens is 3. The molecule has 0 spiro atoms. The molecule has 39 heavy (non-hydrogen) atoms. The fourth-order valence-corrected chi connectivity index (χ4v) is 5.67. The van der Waals surface area contributed by atoms with E-state index in [1.165, 1.54) is 0 Å². The van der Waals surface area contributed by atoms with Gasteiger partial charge < -0.3 is 29.6 Å². The molecule has 1 aromatic carbocycles. The van der Waals surface area contributed by atoms with Crippen LogP contribution in [-0.4, -0.2) is 63.9 Å². The standard InChI is InChI=1S/C22H25N3O12P2/c1-13-9-15(14-5-3-2-4-6-14)10-16(23-13)11-25-18(26)7-8-24(22(25)29)21-20(28)19(27)17(36-21)12-35-39(33,34)37-38(30,31)32/h2-10,17,19-21,27-28H,11-12H2,1H3,(H,33,34)(H2,30,31,32)/t17-,19?,20?,21-/m1/s1. The number of benzene rings is 1. The molecule has 0 aliphatic carbocycles. The summed E-state index contributed by atoms with van der Waals surface area (Å²) in [5.41, 5.74) is 1.23. The zero-order valence-electron chi connectivity index (χ0n) is 20.2. The van der Waals surface area contributed by atoms with Gasteiger partial charge in [0.05, 0.1) is 18.8 Å². The summed E-state index contributed by atoms with van der Waals surface area (Å²) in [6.45, 7) is 0.613. The largest absolute Gasteiger partial charge is 0.481 e. The van der Waals surface area contributed by atoms with Crippen molar-refractivity contribution in [3.63, 3.8) is 0 Å². The van der Waals surface area contributed by atoms with E-state index in [1.54, 1.807) is 13.0 Å². The minimum atomic E-state index is -5.38. The van der Waals surface area contributed by atoms with Gasteiger partial charge in [-0.2, -0.15) is 4.31 Å². The quantitative estimate of drug-likeness (QED) is 0.213. The van der Waals surface area contributed by atoms with E-state index in [2.05, 4.69) is 13.8 Å². The molecule has 1 fully saturated rings. The van der Waals surface area contributed by atoms with Gasteiger partial charge in [-0.05, 0) is 30.2 Å². The minimum Gasteiger partial charge on any atom is -0.387 e. The molecule has 17 heteroatoms. The molecule has 0 amide bonds. The Morgan fingerprint density at radius 1 is 1.00 bits per heavy atom. The van der Waals surface area contributed by atoms with Crippen molar-refractivity contribution in [3.8, 4) is 11.1 Å². The van der Waals surface area contributed by atoms with Crippen molar-refractivity contribution in [1.82, 2.24) is 14.1 Å². The summed E-state index contributed by atoms with van der Waals surface area (Å²) in [5.74, 6) is 0. The van der Waals surface area contributed by atoms with Crippen molar-refractivity contribution in [1.29, 1.82) is 0 Å². The molecule has 1 aliphatic heterocycles. The number of aliphatic hydroxyl groups is 2. The third-order valence-corrected chi connectivity index (χ3v) is 7.90. The number of phosphoric acid groups is 2. The average molecular weight is 585 g/mol. The maximum Gasteiger partial charge on any atom is 0.481 e. The molecule has 5 atom stereocenters. The summed E-state index contributed by atoms with van der Waals surface area (Å²) in [4.78, 5) is 57.1. The van der Waals surface area contributed by atoms with Crippen LogP contribution in [0.15, 0.2) is 64.3 Å². The molecule has 15 nitrogen and oxygen atoms in total. The highest BCUT2D eigenvalue weighted by molar-refractivity contribution is 7.60. The van der Waals surface area contributed by atoms with E-state index in [9.17, 15) is 33.8 Å². The van der Waals surface area contributed by atoms with Crippen LogP contribution in [0, 0.1) is 6.92 Å². The van der Waals surface area contributed by atoms with Gasteiger partial charge in [0.1, 0.15) is 18.3 Å². The second-order valence-corrected chi connectivity index (χ2v) is 11.5. The normalized spacial score (nSPS) is 23.0. The van der Waals surface area contributed by atoms with E-state index < -0.39 is 58.0 Å². The third kappa shape index (κ3) is 7.04. The van der Waals surface area contributed by atoms with Crippen LogP contribution in [0.5, 0.6) is 0 Å². The number of hydrogen-bond donors (Lipinski definition) is 5. The Morgan fingerprint density at radius 3 is 2.36 bits per heavy atom. The molecule has 0 bridgehead atoms. The highest BCUT2D eigenvalue weighted by Crippen LogP contribution is 2.57. The fourth-order valence-electron chi connectivity index (χ4n) is 4.07. The molecule has 3 unspecified atom stereocenters. The van der Waals surface area contributed by atoms with Crippen LogP contribution >= 0.6 is 15.6 Å². The first-order valence-electron chi connectivity index (χ1n) is 11.3. The first-order valence-corrected chi connectivity index (χ1v) is 14.4. The lowest BCUT2D eigenvalue weighted by atomic mass is 10.0. The van der Waals surface area contributed by atoms with E-state index in [1.807, 2.05) is 36.4 Å². The number of aliphatic hydroxyl groups excluding tert-OH is 2. The maximum absolute atomic E-state index is 13.3. The highest BCUT2D eigenvalue weighted by atomic mass is 31.3. The fraction of sp³-hybridized carbons (Fsp3) is 0.318. The molecule has 3 aromatic rings. The van der Waals surface area contributed by atoms with Crippen LogP contribution in [-0.2, 0) is 29.2 Å². The SMILES string of the molecule is Cc1cc(-c2ccccc2)cc(Cn2c(=O)ccn([C@@H]3O[C@H](COP(=O)(O)OP(=O)(O)O)C(O)C3O)c2=O)n1. The van der Waals surface area contributed by atoms with Gasteiger partial charge in [0.15, 0.2) is 6.23 Å². The zero-order chi connectivity index (χ0) is 28.5. The van der Waals surface area contributed by atoms with Gasteiger partial charge in [0, 0.05) is 18.0 Å². The Kier molecular flexibility index (Phi) is 8.50. The van der Waals surface area contributed by atoms with E-state index in [0.717, 1.165) is 32.5 Å². The number of aryl methyl sites for hydroxylation is 1. The predicted octanol–water partition coefficient (Wildman–Crippen LogP) is 0.274. The second-order valence-electron chi connectivity index (χ2n) is 8.67. The lowest BCUT2D eigenvalue weighted by Gasteiger charge is -2.19. The van der Waals surface area contributed by atoms with Crippen molar-refractivity contribution in [3.05, 3.63) is 87.0 Å². The number of rotatable bonds is 9. The maximum atomic E-state index is 13.3. The highest BCUT2D eigenvalue weighted by Gasteiger charge is 2.46. The number of ether oxygens (including phenoxy) is 1. The van der Waals surface area contributed by atoms with Crippen molar-refractivity contribution in [2.45, 2.75) is 38.0 Å². The van der Waals surface area contributed by atoms with Crippen LogP contribution in [0.3, 0.4) is 0 Å². The van der Waals surface area contributed by atoms with Crippen molar-refractivity contribution >= 4 is 15.6 Å². The lowest BCUT2D eigenvalue weighted by molar-refractivity contribution is -0.0547. The summed E-state index contributed by atoms with van der Waals surface area (Å²) in [5, 5.41) is 20.8. The van der Waals surface area contributed by atoms with E-state index in [0.29, 0.717) is 11.4 Å². The molecule has 4 rings (SSSR count). The summed E-state index contributed by atoms with van der Waals surface area (Å²) in [6, 6.07) is 14.1. The van der Waals surface area contributed by atoms with Gasteiger partial charge in [-0.25, -0.2) is 13.9 Å². The number of hydrogen-bond acceptors (Lipinski definition) is 10. The Hall–Kier alpha value is -2.81. The van der Waals surface area contributed by atoms with Gasteiger partial charge in [-0.3, -0.25) is 23.4 Å². The number of pyridine rings is 1. The number of phosphoric ester groups is 1. The molecule has 3 heterocycles. The van der Waals surface area contributed by atoms with Crippen LogP contribution in [0.25, 0.3) is 11.1 Å². The predicted molar refractivity (Wildman–Crippen MR) is 133 cm³/mol. The molecule has 1 aliphatic rings.